The molecule has 160 valence electrons. The molecule has 0 aliphatic heterocycles. The number of aliphatic hydroxyl groups excluding tert-OH is 1. The molecule has 1 saturated carbocycles. The van der Waals surface area contributed by atoms with Gasteiger partial charge < -0.3 is 10.4 Å². The van der Waals surface area contributed by atoms with Gasteiger partial charge in [0, 0.05) is 12.8 Å². The topological polar surface area (TPSA) is 97.1 Å². The maximum absolute atomic E-state index is 13.5. The number of halogens is 3. The molecule has 29 heavy (non-hydrogen) atoms. The standard InChI is InChI=1S/C18H23F3N4O3S/c1-29(27,28)15-8-7-13(10-22-15)25-17(23-9-12-5-3-2-4-6-12)14(11-26)16(24-25)18(19,20)21/h7-8,10,12,23,26H,2-6,9,11H2,1H3. The van der Waals surface area contributed by atoms with Crippen LogP contribution in [0.4, 0.5) is 19.0 Å². The zero-order valence-corrected chi connectivity index (χ0v) is 16.7. The molecule has 1 fully saturated rings. The summed E-state index contributed by atoms with van der Waals surface area (Å²) in [6, 6.07) is 2.55. The Hall–Kier alpha value is -2.14. The fourth-order valence-electron chi connectivity index (χ4n) is 3.55. The van der Waals surface area contributed by atoms with E-state index in [9.17, 15) is 26.7 Å². The Labute approximate surface area is 166 Å². The molecule has 2 aromatic rings. The van der Waals surface area contributed by atoms with Gasteiger partial charge in [0.05, 0.1) is 24.1 Å². The number of nitrogens with one attached hydrogen (secondary N) is 1. The second kappa shape index (κ2) is 8.31. The van der Waals surface area contributed by atoms with Gasteiger partial charge in [0.15, 0.2) is 20.6 Å². The summed E-state index contributed by atoms with van der Waals surface area (Å²) >= 11 is 0. The van der Waals surface area contributed by atoms with Crippen molar-refractivity contribution in [3.8, 4) is 5.69 Å². The quantitative estimate of drug-likeness (QED) is 0.728. The predicted molar refractivity (Wildman–Crippen MR) is 100 cm³/mol. The van der Waals surface area contributed by atoms with Gasteiger partial charge >= 0.3 is 6.18 Å². The lowest BCUT2D eigenvalue weighted by molar-refractivity contribution is -0.142. The minimum Gasteiger partial charge on any atom is -0.391 e. The summed E-state index contributed by atoms with van der Waals surface area (Å²) < 4.78 is 64.5. The van der Waals surface area contributed by atoms with E-state index in [0.717, 1.165) is 49.2 Å². The number of alkyl halides is 3. The maximum atomic E-state index is 13.5. The number of hydrogen-bond acceptors (Lipinski definition) is 6. The first-order valence-corrected chi connectivity index (χ1v) is 11.2. The summed E-state index contributed by atoms with van der Waals surface area (Å²) in [5.74, 6) is 0.373. The summed E-state index contributed by atoms with van der Waals surface area (Å²) in [5, 5.41) is 16.1. The van der Waals surface area contributed by atoms with Gasteiger partial charge in [-0.1, -0.05) is 19.3 Å². The first-order valence-electron chi connectivity index (χ1n) is 9.31. The van der Waals surface area contributed by atoms with E-state index in [2.05, 4.69) is 15.4 Å². The van der Waals surface area contributed by atoms with Gasteiger partial charge in [-0.2, -0.15) is 18.3 Å². The number of hydrogen-bond donors (Lipinski definition) is 2. The van der Waals surface area contributed by atoms with Crippen LogP contribution in [0.3, 0.4) is 0 Å². The average Bonchev–Trinajstić information content (AvgIpc) is 3.05. The zero-order valence-electron chi connectivity index (χ0n) is 15.9. The van der Waals surface area contributed by atoms with Crippen molar-refractivity contribution < 1.29 is 26.7 Å². The van der Waals surface area contributed by atoms with E-state index in [1.165, 1.54) is 12.1 Å². The van der Waals surface area contributed by atoms with Crippen LogP contribution in [0, 0.1) is 5.92 Å². The fourth-order valence-corrected chi connectivity index (χ4v) is 4.11. The van der Waals surface area contributed by atoms with Crippen LogP contribution in [0.25, 0.3) is 5.69 Å². The Morgan fingerprint density at radius 3 is 2.45 bits per heavy atom. The molecule has 3 rings (SSSR count). The number of nitrogens with zero attached hydrogens (tertiary/aromatic N) is 3. The molecule has 2 N–H and O–H groups in total. The molecule has 0 amide bonds. The molecule has 0 spiro atoms. The monoisotopic (exact) mass is 432 g/mol. The smallest absolute Gasteiger partial charge is 0.391 e. The SMILES string of the molecule is CS(=O)(=O)c1ccc(-n2nc(C(F)(F)F)c(CO)c2NCC2CCCCC2)cn1. The molecule has 1 aliphatic rings. The van der Waals surface area contributed by atoms with Crippen molar-refractivity contribution in [2.75, 3.05) is 18.1 Å². The van der Waals surface area contributed by atoms with E-state index in [4.69, 9.17) is 0 Å². The number of sulfone groups is 1. The molecule has 0 aromatic carbocycles. The molecule has 1 aliphatic carbocycles. The van der Waals surface area contributed by atoms with Crippen LogP contribution in [-0.4, -0.2) is 41.1 Å². The van der Waals surface area contributed by atoms with Gasteiger partial charge in [-0.25, -0.2) is 18.1 Å². The zero-order chi connectivity index (χ0) is 21.2. The normalized spacial score (nSPS) is 16.2. The lowest BCUT2D eigenvalue weighted by atomic mass is 9.89. The molecular weight excluding hydrogens is 409 g/mol. The predicted octanol–water partition coefficient (Wildman–Crippen LogP) is 3.17. The van der Waals surface area contributed by atoms with Crippen LogP contribution in [-0.2, 0) is 22.6 Å². The Kier molecular flexibility index (Phi) is 6.18. The van der Waals surface area contributed by atoms with Gasteiger partial charge in [-0.3, -0.25) is 0 Å². The Balaban J connectivity index is 2.00. The maximum Gasteiger partial charge on any atom is 0.435 e. The largest absolute Gasteiger partial charge is 0.435 e. The summed E-state index contributed by atoms with van der Waals surface area (Å²) in [5.41, 5.74) is -1.37. The average molecular weight is 432 g/mol. The van der Waals surface area contributed by atoms with Gasteiger partial charge in [0.1, 0.15) is 5.82 Å². The highest BCUT2D eigenvalue weighted by molar-refractivity contribution is 7.90. The first-order chi connectivity index (χ1) is 13.6. The molecule has 11 heteroatoms. The molecule has 2 heterocycles. The van der Waals surface area contributed by atoms with Crippen molar-refractivity contribution in [1.82, 2.24) is 14.8 Å². The minimum atomic E-state index is -4.75. The fraction of sp³-hybridized carbons (Fsp3) is 0.556. The van der Waals surface area contributed by atoms with Crippen molar-refractivity contribution in [1.29, 1.82) is 0 Å². The molecule has 0 radical (unpaired) electrons. The van der Waals surface area contributed by atoms with Crippen molar-refractivity contribution in [3.63, 3.8) is 0 Å². The second-order valence-electron chi connectivity index (χ2n) is 7.26. The molecule has 0 saturated heterocycles. The van der Waals surface area contributed by atoms with E-state index >= 15 is 0 Å². The summed E-state index contributed by atoms with van der Waals surface area (Å²) in [7, 11) is -3.54. The summed E-state index contributed by atoms with van der Waals surface area (Å²) in [6.07, 6.45) is 2.71. The van der Waals surface area contributed by atoms with Crippen molar-refractivity contribution in [3.05, 3.63) is 29.6 Å². The number of aliphatic hydroxyl groups is 1. The number of aromatic nitrogens is 3. The van der Waals surface area contributed by atoms with Crippen LogP contribution >= 0.6 is 0 Å². The third-order valence-electron chi connectivity index (χ3n) is 5.04. The molecule has 0 unspecified atom stereocenters. The highest BCUT2D eigenvalue weighted by Crippen LogP contribution is 2.36. The lowest BCUT2D eigenvalue weighted by Crippen LogP contribution is -2.19. The van der Waals surface area contributed by atoms with Gasteiger partial charge in [0.25, 0.3) is 0 Å². The second-order valence-corrected chi connectivity index (χ2v) is 9.22. The van der Waals surface area contributed by atoms with Crippen LogP contribution in [0.1, 0.15) is 43.4 Å². The third-order valence-corrected chi connectivity index (χ3v) is 6.04. The molecule has 2 aromatic heterocycles. The Bertz CT molecular complexity index is 950. The van der Waals surface area contributed by atoms with Crippen molar-refractivity contribution in [2.24, 2.45) is 5.92 Å². The summed E-state index contributed by atoms with van der Waals surface area (Å²) in [6.45, 7) is -0.373. The van der Waals surface area contributed by atoms with Crippen molar-refractivity contribution in [2.45, 2.75) is 49.9 Å². The highest BCUT2D eigenvalue weighted by Gasteiger charge is 2.39. The van der Waals surface area contributed by atoms with Crippen LogP contribution in [0.15, 0.2) is 23.4 Å². The number of rotatable bonds is 6. The van der Waals surface area contributed by atoms with Crippen molar-refractivity contribution >= 4 is 15.7 Å². The van der Waals surface area contributed by atoms with E-state index in [1.54, 1.807) is 0 Å². The molecule has 7 nitrogen and oxygen atoms in total. The van der Waals surface area contributed by atoms with E-state index in [-0.39, 0.29) is 22.1 Å². The third kappa shape index (κ3) is 4.89. The first kappa shape index (κ1) is 21.6. The van der Waals surface area contributed by atoms with Crippen LogP contribution < -0.4 is 5.32 Å². The van der Waals surface area contributed by atoms with E-state index in [1.807, 2.05) is 0 Å². The molecule has 0 bridgehead atoms. The Morgan fingerprint density at radius 2 is 1.93 bits per heavy atom. The number of anilines is 1. The Morgan fingerprint density at radius 1 is 1.24 bits per heavy atom. The van der Waals surface area contributed by atoms with Gasteiger partial charge in [-0.15, -0.1) is 0 Å². The number of pyridine rings is 1. The summed E-state index contributed by atoms with van der Waals surface area (Å²) in [4.78, 5) is 3.82. The van der Waals surface area contributed by atoms with E-state index < -0.39 is 28.3 Å². The van der Waals surface area contributed by atoms with E-state index in [0.29, 0.717) is 12.5 Å². The molecular formula is C18H23F3N4O3S. The highest BCUT2D eigenvalue weighted by atomic mass is 32.2. The van der Waals surface area contributed by atoms with Gasteiger partial charge in [-0.05, 0) is 30.9 Å². The van der Waals surface area contributed by atoms with Crippen LogP contribution in [0.2, 0.25) is 0 Å². The van der Waals surface area contributed by atoms with Gasteiger partial charge in [0.2, 0.25) is 0 Å². The molecule has 0 atom stereocenters. The van der Waals surface area contributed by atoms with Crippen LogP contribution in [0.5, 0.6) is 0 Å². The minimum absolute atomic E-state index is 0.0410. The lowest BCUT2D eigenvalue weighted by Gasteiger charge is -2.23.